The molecule has 0 bridgehead atoms. The Morgan fingerprint density at radius 1 is 0.967 bits per heavy atom. The second-order valence-corrected chi connectivity index (χ2v) is 7.55. The van der Waals surface area contributed by atoms with Gasteiger partial charge in [0.1, 0.15) is 11.5 Å². The molecule has 0 atom stereocenters. The van der Waals surface area contributed by atoms with Gasteiger partial charge in [-0.1, -0.05) is 15.9 Å². The van der Waals surface area contributed by atoms with Crippen molar-refractivity contribution >= 4 is 27.7 Å². The first kappa shape index (κ1) is 21.9. The highest BCUT2D eigenvalue weighted by Gasteiger charge is 2.26. The summed E-state index contributed by atoms with van der Waals surface area (Å²) in [5.41, 5.74) is 0.458. The number of amides is 2. The molecule has 7 nitrogen and oxygen atoms in total. The molecule has 1 heterocycles. The van der Waals surface area contributed by atoms with Gasteiger partial charge in [-0.3, -0.25) is 9.59 Å². The number of piperazine rings is 1. The van der Waals surface area contributed by atoms with E-state index in [0.29, 0.717) is 47.7 Å². The molecule has 0 radical (unpaired) electrons. The third-order valence-corrected chi connectivity index (χ3v) is 5.26. The highest BCUT2D eigenvalue weighted by atomic mass is 79.9. The summed E-state index contributed by atoms with van der Waals surface area (Å²) in [7, 11) is 3.05. The molecule has 3 rings (SSSR count). The number of halogens is 2. The molecule has 0 spiro atoms. The van der Waals surface area contributed by atoms with E-state index in [4.69, 9.17) is 14.2 Å². The predicted octanol–water partition coefficient (Wildman–Crippen LogP) is 2.97. The van der Waals surface area contributed by atoms with Crippen molar-refractivity contribution in [1.29, 1.82) is 0 Å². The summed E-state index contributed by atoms with van der Waals surface area (Å²) < 4.78 is 30.1. The van der Waals surface area contributed by atoms with E-state index >= 15 is 0 Å². The van der Waals surface area contributed by atoms with Gasteiger partial charge in [-0.25, -0.2) is 4.39 Å². The van der Waals surface area contributed by atoms with Gasteiger partial charge >= 0.3 is 0 Å². The lowest BCUT2D eigenvalue weighted by atomic mass is 10.1. The van der Waals surface area contributed by atoms with E-state index < -0.39 is 5.82 Å². The summed E-state index contributed by atoms with van der Waals surface area (Å²) in [6.45, 7) is 1.25. The van der Waals surface area contributed by atoms with Crippen molar-refractivity contribution in [2.75, 3.05) is 47.0 Å². The van der Waals surface area contributed by atoms with Crippen molar-refractivity contribution in [1.82, 2.24) is 9.80 Å². The standard InChI is InChI=1S/C21H22BrFN2O5/c1-28-16-9-14(10-17(12-16)29-2)21(27)25-7-5-24(6-8-25)20(26)13-30-19-4-3-15(22)11-18(19)23/h3-4,9-12H,5-8,13H2,1-2H3. The maximum atomic E-state index is 13.8. The Morgan fingerprint density at radius 2 is 1.57 bits per heavy atom. The molecule has 0 aromatic heterocycles. The molecule has 1 aliphatic heterocycles. The van der Waals surface area contributed by atoms with Crippen LogP contribution in [0.25, 0.3) is 0 Å². The van der Waals surface area contributed by atoms with Gasteiger partial charge in [-0.15, -0.1) is 0 Å². The predicted molar refractivity (Wildman–Crippen MR) is 112 cm³/mol. The number of hydrogen-bond donors (Lipinski definition) is 0. The minimum atomic E-state index is -0.540. The number of nitrogens with zero attached hydrogens (tertiary/aromatic N) is 2. The first-order valence-electron chi connectivity index (χ1n) is 9.29. The third-order valence-electron chi connectivity index (χ3n) is 4.76. The van der Waals surface area contributed by atoms with Gasteiger partial charge < -0.3 is 24.0 Å². The molecule has 1 saturated heterocycles. The number of ether oxygens (including phenoxy) is 3. The molecule has 2 amide bonds. The SMILES string of the molecule is COc1cc(OC)cc(C(=O)N2CCN(C(=O)COc3ccc(Br)cc3F)CC2)c1. The molecule has 0 N–H and O–H groups in total. The van der Waals surface area contributed by atoms with Crippen LogP contribution in [-0.2, 0) is 4.79 Å². The average Bonchev–Trinajstić information content (AvgIpc) is 2.77. The molecule has 0 aliphatic carbocycles. The lowest BCUT2D eigenvalue weighted by molar-refractivity contribution is -0.134. The second-order valence-electron chi connectivity index (χ2n) is 6.64. The van der Waals surface area contributed by atoms with E-state index in [-0.39, 0.29) is 24.2 Å². The van der Waals surface area contributed by atoms with Gasteiger partial charge in [0.25, 0.3) is 11.8 Å². The van der Waals surface area contributed by atoms with Crippen LogP contribution >= 0.6 is 15.9 Å². The molecular weight excluding hydrogens is 459 g/mol. The molecular formula is C21H22BrFN2O5. The summed E-state index contributed by atoms with van der Waals surface area (Å²) in [4.78, 5) is 28.5. The van der Waals surface area contributed by atoms with Crippen LogP contribution in [0.4, 0.5) is 4.39 Å². The fourth-order valence-electron chi connectivity index (χ4n) is 3.10. The van der Waals surface area contributed by atoms with E-state index in [1.54, 1.807) is 34.1 Å². The topological polar surface area (TPSA) is 68.3 Å². The Labute approximate surface area is 182 Å². The quantitative estimate of drug-likeness (QED) is 0.635. The molecule has 1 aliphatic rings. The molecule has 160 valence electrons. The van der Waals surface area contributed by atoms with Crippen LogP contribution in [0, 0.1) is 5.82 Å². The Hall–Kier alpha value is -2.81. The number of carbonyl (C=O) groups excluding carboxylic acids is 2. The summed E-state index contributed by atoms with van der Waals surface area (Å²) in [6.07, 6.45) is 0. The van der Waals surface area contributed by atoms with Crippen molar-refractivity contribution in [3.63, 3.8) is 0 Å². The highest BCUT2D eigenvalue weighted by Crippen LogP contribution is 2.24. The van der Waals surface area contributed by atoms with Crippen LogP contribution in [0.2, 0.25) is 0 Å². The lowest BCUT2D eigenvalue weighted by Crippen LogP contribution is -2.51. The molecule has 2 aromatic rings. The monoisotopic (exact) mass is 480 g/mol. The number of rotatable bonds is 6. The fourth-order valence-corrected chi connectivity index (χ4v) is 3.43. The van der Waals surface area contributed by atoms with E-state index in [0.717, 1.165) is 0 Å². The van der Waals surface area contributed by atoms with Crippen LogP contribution in [-0.4, -0.2) is 68.6 Å². The molecule has 1 fully saturated rings. The number of methoxy groups -OCH3 is 2. The van der Waals surface area contributed by atoms with Crippen LogP contribution in [0.15, 0.2) is 40.9 Å². The van der Waals surface area contributed by atoms with Gasteiger partial charge in [-0.2, -0.15) is 0 Å². The summed E-state index contributed by atoms with van der Waals surface area (Å²) >= 11 is 3.17. The van der Waals surface area contributed by atoms with E-state index in [9.17, 15) is 14.0 Å². The van der Waals surface area contributed by atoms with Gasteiger partial charge in [-0.05, 0) is 30.3 Å². The van der Waals surface area contributed by atoms with Gasteiger partial charge in [0, 0.05) is 42.3 Å². The smallest absolute Gasteiger partial charge is 0.260 e. The molecule has 9 heteroatoms. The summed E-state index contributed by atoms with van der Waals surface area (Å²) in [5.74, 6) is 0.126. The van der Waals surface area contributed by atoms with Gasteiger partial charge in [0.15, 0.2) is 18.2 Å². The van der Waals surface area contributed by atoms with Crippen molar-refractivity contribution < 1.29 is 28.2 Å². The molecule has 30 heavy (non-hydrogen) atoms. The zero-order chi connectivity index (χ0) is 21.7. The van der Waals surface area contributed by atoms with Gasteiger partial charge in [0.2, 0.25) is 0 Å². The van der Waals surface area contributed by atoms with E-state index in [1.165, 1.54) is 26.4 Å². The molecule has 0 saturated carbocycles. The summed E-state index contributed by atoms with van der Waals surface area (Å²) in [6, 6.07) is 9.39. The van der Waals surface area contributed by atoms with Crippen molar-refractivity contribution in [2.45, 2.75) is 0 Å². The van der Waals surface area contributed by atoms with Gasteiger partial charge in [0.05, 0.1) is 14.2 Å². The normalized spacial score (nSPS) is 13.7. The average molecular weight is 481 g/mol. The maximum Gasteiger partial charge on any atom is 0.260 e. The van der Waals surface area contributed by atoms with E-state index in [2.05, 4.69) is 15.9 Å². The zero-order valence-corrected chi connectivity index (χ0v) is 18.3. The van der Waals surface area contributed by atoms with Crippen LogP contribution in [0.5, 0.6) is 17.2 Å². The fraction of sp³-hybridized carbons (Fsp3) is 0.333. The van der Waals surface area contributed by atoms with Crippen molar-refractivity contribution in [2.24, 2.45) is 0 Å². The molecule has 2 aromatic carbocycles. The summed E-state index contributed by atoms with van der Waals surface area (Å²) in [5, 5.41) is 0. The zero-order valence-electron chi connectivity index (χ0n) is 16.7. The Morgan fingerprint density at radius 3 is 2.13 bits per heavy atom. The number of hydrogen-bond acceptors (Lipinski definition) is 5. The Bertz CT molecular complexity index is 909. The Balaban J connectivity index is 1.55. The van der Waals surface area contributed by atoms with Crippen LogP contribution in [0.3, 0.4) is 0 Å². The minimum absolute atomic E-state index is 0.0207. The molecule has 0 unspecified atom stereocenters. The first-order valence-corrected chi connectivity index (χ1v) is 10.1. The van der Waals surface area contributed by atoms with Crippen molar-refractivity contribution in [3.8, 4) is 17.2 Å². The van der Waals surface area contributed by atoms with E-state index in [1.807, 2.05) is 0 Å². The number of carbonyl (C=O) groups is 2. The van der Waals surface area contributed by atoms with Crippen molar-refractivity contribution in [3.05, 3.63) is 52.3 Å². The first-order chi connectivity index (χ1) is 14.4. The van der Waals surface area contributed by atoms with Crippen LogP contribution in [0.1, 0.15) is 10.4 Å². The third kappa shape index (κ3) is 5.21. The largest absolute Gasteiger partial charge is 0.497 e. The number of benzene rings is 2. The van der Waals surface area contributed by atoms with Crippen LogP contribution < -0.4 is 14.2 Å². The second kappa shape index (κ2) is 9.80. The maximum absolute atomic E-state index is 13.8. The lowest BCUT2D eigenvalue weighted by Gasteiger charge is -2.34. The minimum Gasteiger partial charge on any atom is -0.497 e. The highest BCUT2D eigenvalue weighted by molar-refractivity contribution is 9.10. The Kier molecular flexibility index (Phi) is 7.15.